The molecule has 5 nitrogen and oxygen atoms in total. The molecule has 2 aromatic rings. The van der Waals surface area contributed by atoms with Crippen LogP contribution in [0.1, 0.15) is 47.9 Å². The van der Waals surface area contributed by atoms with Gasteiger partial charge in [0.1, 0.15) is 0 Å². The first kappa shape index (κ1) is 17.8. The number of nitrogens with zero attached hydrogens (tertiary/aromatic N) is 2. The molecule has 0 bridgehead atoms. The molecule has 1 amide bonds. The Bertz CT molecular complexity index is 729. The zero-order chi connectivity index (χ0) is 15.9. The summed E-state index contributed by atoms with van der Waals surface area (Å²) in [6, 6.07) is 5.72. The van der Waals surface area contributed by atoms with Crippen molar-refractivity contribution < 1.29 is 4.79 Å². The number of halogens is 2. The van der Waals surface area contributed by atoms with E-state index in [-0.39, 0.29) is 24.2 Å². The maximum atomic E-state index is 12.9. The summed E-state index contributed by atoms with van der Waals surface area (Å²) in [6.07, 6.45) is 1.82. The van der Waals surface area contributed by atoms with Gasteiger partial charge in [-0.3, -0.25) is 9.89 Å². The molecule has 1 aromatic heterocycles. The minimum Gasteiger partial charge on any atom is -0.398 e. The zero-order valence-electron chi connectivity index (χ0n) is 13.1. The summed E-state index contributed by atoms with van der Waals surface area (Å²) >= 11 is 3.51. The van der Waals surface area contributed by atoms with Gasteiger partial charge in [0.05, 0.1) is 10.2 Å². The maximum Gasteiger partial charge on any atom is 0.279 e. The van der Waals surface area contributed by atoms with E-state index in [1.54, 1.807) is 4.90 Å². The van der Waals surface area contributed by atoms with E-state index in [0.29, 0.717) is 12.2 Å². The predicted octanol–water partition coefficient (Wildman–Crippen LogP) is 3.89. The molecule has 0 atom stereocenters. The smallest absolute Gasteiger partial charge is 0.279 e. The molecule has 0 saturated carbocycles. The van der Waals surface area contributed by atoms with Crippen LogP contribution < -0.4 is 10.6 Å². The van der Waals surface area contributed by atoms with Crippen LogP contribution in [0.3, 0.4) is 0 Å². The Morgan fingerprint density at radius 3 is 2.83 bits per heavy atom. The average Bonchev–Trinajstić information content (AvgIpc) is 2.88. The summed E-state index contributed by atoms with van der Waals surface area (Å²) in [5.74, 6) is 0.175. The first-order valence-electron chi connectivity index (χ1n) is 7.43. The van der Waals surface area contributed by atoms with Crippen molar-refractivity contribution in [2.75, 3.05) is 17.2 Å². The number of carbonyl (C=O) groups is 1. The van der Waals surface area contributed by atoms with Gasteiger partial charge in [-0.25, -0.2) is 0 Å². The first-order valence-corrected chi connectivity index (χ1v) is 8.23. The lowest BCUT2D eigenvalue weighted by Gasteiger charge is -2.29. The topological polar surface area (TPSA) is 75.0 Å². The lowest BCUT2D eigenvalue weighted by atomic mass is 9.99. The van der Waals surface area contributed by atoms with Gasteiger partial charge < -0.3 is 10.6 Å². The SMILES string of the molecule is CC(C)c1[nH]nc(C(=O)N2CCCc3c(N)cccc32)c1Br.Cl. The number of aromatic nitrogens is 2. The van der Waals surface area contributed by atoms with E-state index >= 15 is 0 Å². The fourth-order valence-electron chi connectivity index (χ4n) is 2.86. The Hall–Kier alpha value is -1.53. The van der Waals surface area contributed by atoms with Gasteiger partial charge in [0.2, 0.25) is 0 Å². The normalized spacial score (nSPS) is 13.7. The van der Waals surface area contributed by atoms with Gasteiger partial charge in [-0.15, -0.1) is 12.4 Å². The molecule has 124 valence electrons. The number of nitrogen functional groups attached to an aromatic ring is 1. The van der Waals surface area contributed by atoms with Gasteiger partial charge in [0.25, 0.3) is 5.91 Å². The quantitative estimate of drug-likeness (QED) is 0.752. The second kappa shape index (κ2) is 6.93. The van der Waals surface area contributed by atoms with E-state index in [1.165, 1.54) is 0 Å². The molecular weight excluding hydrogens is 380 g/mol. The summed E-state index contributed by atoms with van der Waals surface area (Å²) in [4.78, 5) is 14.7. The number of amides is 1. The number of hydrogen-bond acceptors (Lipinski definition) is 3. The first-order chi connectivity index (χ1) is 10.5. The van der Waals surface area contributed by atoms with Gasteiger partial charge in [0, 0.05) is 17.9 Å². The highest BCUT2D eigenvalue weighted by Crippen LogP contribution is 2.34. The van der Waals surface area contributed by atoms with E-state index in [1.807, 2.05) is 18.2 Å². The molecule has 3 rings (SSSR count). The van der Waals surface area contributed by atoms with Crippen molar-refractivity contribution >= 4 is 45.6 Å². The highest BCUT2D eigenvalue weighted by atomic mass is 79.9. The number of nitrogens with two attached hydrogens (primary N) is 1. The molecule has 7 heteroatoms. The van der Waals surface area contributed by atoms with Crippen LogP contribution in [0.15, 0.2) is 22.7 Å². The summed E-state index contributed by atoms with van der Waals surface area (Å²) in [7, 11) is 0. The molecule has 1 aliphatic rings. The van der Waals surface area contributed by atoms with Crippen molar-refractivity contribution in [2.24, 2.45) is 0 Å². The van der Waals surface area contributed by atoms with Crippen LogP contribution in [0.2, 0.25) is 0 Å². The Morgan fingerprint density at radius 2 is 2.17 bits per heavy atom. The minimum absolute atomic E-state index is 0. The third-order valence-electron chi connectivity index (χ3n) is 4.04. The average molecular weight is 400 g/mol. The van der Waals surface area contributed by atoms with Crippen molar-refractivity contribution in [2.45, 2.75) is 32.6 Å². The van der Waals surface area contributed by atoms with Crippen molar-refractivity contribution in [3.05, 3.63) is 39.6 Å². The molecule has 23 heavy (non-hydrogen) atoms. The Labute approximate surface area is 150 Å². The second-order valence-corrected chi connectivity index (χ2v) is 6.65. The fraction of sp³-hybridized carbons (Fsp3) is 0.375. The maximum absolute atomic E-state index is 12.9. The van der Waals surface area contributed by atoms with E-state index in [4.69, 9.17) is 5.73 Å². The number of anilines is 2. The highest BCUT2D eigenvalue weighted by Gasteiger charge is 2.28. The molecule has 0 unspecified atom stereocenters. The molecule has 0 spiro atoms. The van der Waals surface area contributed by atoms with Crippen LogP contribution >= 0.6 is 28.3 Å². The summed E-state index contributed by atoms with van der Waals surface area (Å²) in [6.45, 7) is 4.80. The molecule has 0 aliphatic carbocycles. The fourth-order valence-corrected chi connectivity index (χ4v) is 3.66. The third kappa shape index (κ3) is 3.10. The summed E-state index contributed by atoms with van der Waals surface area (Å²) < 4.78 is 0.753. The molecular formula is C16H20BrClN4O. The largest absolute Gasteiger partial charge is 0.398 e. The number of fused-ring (bicyclic) bond motifs is 1. The number of hydrogen-bond donors (Lipinski definition) is 2. The second-order valence-electron chi connectivity index (χ2n) is 5.86. The van der Waals surface area contributed by atoms with Crippen LogP contribution in [0.5, 0.6) is 0 Å². The molecule has 2 heterocycles. The number of nitrogens with one attached hydrogen (secondary N) is 1. The van der Waals surface area contributed by atoms with Gasteiger partial charge in [-0.2, -0.15) is 5.10 Å². The number of aromatic amines is 1. The predicted molar refractivity (Wildman–Crippen MR) is 98.5 cm³/mol. The Kier molecular flexibility index (Phi) is 5.37. The minimum atomic E-state index is -0.0958. The zero-order valence-corrected chi connectivity index (χ0v) is 15.5. The van der Waals surface area contributed by atoms with E-state index < -0.39 is 0 Å². The lowest BCUT2D eigenvalue weighted by Crippen LogP contribution is -2.36. The van der Waals surface area contributed by atoms with Crippen molar-refractivity contribution in [1.82, 2.24) is 10.2 Å². The van der Waals surface area contributed by atoms with Crippen molar-refractivity contribution in [3.63, 3.8) is 0 Å². The van der Waals surface area contributed by atoms with Crippen LogP contribution in [-0.4, -0.2) is 22.6 Å². The summed E-state index contributed by atoms with van der Waals surface area (Å²) in [5, 5.41) is 7.17. The van der Waals surface area contributed by atoms with Crippen LogP contribution in [0.25, 0.3) is 0 Å². The highest BCUT2D eigenvalue weighted by molar-refractivity contribution is 9.10. The van der Waals surface area contributed by atoms with E-state index in [2.05, 4.69) is 40.0 Å². The van der Waals surface area contributed by atoms with Gasteiger partial charge >= 0.3 is 0 Å². The van der Waals surface area contributed by atoms with Gasteiger partial charge in [-0.1, -0.05) is 19.9 Å². The number of rotatable bonds is 2. The van der Waals surface area contributed by atoms with Crippen LogP contribution in [0, 0.1) is 0 Å². The Balaban J connectivity index is 0.00000192. The van der Waals surface area contributed by atoms with Gasteiger partial charge in [0.15, 0.2) is 5.69 Å². The number of carbonyl (C=O) groups excluding carboxylic acids is 1. The standard InChI is InChI=1S/C16H19BrN4O.ClH/c1-9(2)14-13(17)15(20-19-14)16(22)21-8-4-5-10-11(18)6-3-7-12(10)21;/h3,6-7,9H,4-5,8,18H2,1-2H3,(H,19,20);1H. The molecule has 1 aliphatic heterocycles. The molecule has 0 radical (unpaired) electrons. The molecule has 3 N–H and O–H groups in total. The van der Waals surface area contributed by atoms with Gasteiger partial charge in [-0.05, 0) is 52.4 Å². The van der Waals surface area contributed by atoms with Crippen molar-refractivity contribution in [1.29, 1.82) is 0 Å². The van der Waals surface area contributed by atoms with E-state index in [9.17, 15) is 4.79 Å². The third-order valence-corrected chi connectivity index (χ3v) is 4.85. The summed E-state index contributed by atoms with van der Waals surface area (Å²) in [5.41, 5.74) is 10.1. The molecule has 1 aromatic carbocycles. The molecule has 0 saturated heterocycles. The monoisotopic (exact) mass is 398 g/mol. The number of benzene rings is 1. The Morgan fingerprint density at radius 1 is 1.43 bits per heavy atom. The van der Waals surface area contributed by atoms with Crippen molar-refractivity contribution in [3.8, 4) is 0 Å². The number of H-pyrrole nitrogens is 1. The van der Waals surface area contributed by atoms with E-state index in [0.717, 1.165) is 39.9 Å². The van der Waals surface area contributed by atoms with Crippen LogP contribution in [-0.2, 0) is 6.42 Å². The molecule has 0 fully saturated rings. The lowest BCUT2D eigenvalue weighted by molar-refractivity contribution is 0.0979. The van der Waals surface area contributed by atoms with Crippen LogP contribution in [0.4, 0.5) is 11.4 Å².